The van der Waals surface area contributed by atoms with Crippen LogP contribution in [-0.4, -0.2) is 40.3 Å². The van der Waals surface area contributed by atoms with Crippen molar-refractivity contribution >= 4 is 17.3 Å². The van der Waals surface area contributed by atoms with Gasteiger partial charge >= 0.3 is 0 Å². The Morgan fingerprint density at radius 1 is 1.37 bits per heavy atom. The summed E-state index contributed by atoms with van der Waals surface area (Å²) in [5.41, 5.74) is 4.60. The first-order valence-corrected chi connectivity index (χ1v) is 6.22. The van der Waals surface area contributed by atoms with Crippen LogP contribution in [0.3, 0.4) is 0 Å². The van der Waals surface area contributed by atoms with Crippen molar-refractivity contribution < 1.29 is 4.74 Å². The molecular weight excluding hydrogens is 242 g/mol. The highest BCUT2D eigenvalue weighted by Gasteiger charge is 2.05. The van der Waals surface area contributed by atoms with Crippen molar-refractivity contribution in [1.29, 1.82) is 0 Å². The van der Waals surface area contributed by atoms with E-state index in [1.54, 1.807) is 7.11 Å². The van der Waals surface area contributed by atoms with E-state index in [0.29, 0.717) is 19.1 Å². The smallest absolute Gasteiger partial charge is 0.210 e. The van der Waals surface area contributed by atoms with E-state index in [-0.39, 0.29) is 0 Å². The van der Waals surface area contributed by atoms with Crippen molar-refractivity contribution in [3.8, 4) is 0 Å². The maximum atomic E-state index is 5.47. The van der Waals surface area contributed by atoms with Crippen LogP contribution in [0.1, 0.15) is 6.42 Å². The van der Waals surface area contributed by atoms with E-state index >= 15 is 0 Å². The van der Waals surface area contributed by atoms with Crippen LogP contribution in [0.2, 0.25) is 0 Å². The number of methoxy groups -OCH3 is 1. The van der Waals surface area contributed by atoms with Gasteiger partial charge in [0.05, 0.1) is 11.4 Å². The number of aliphatic imine (C=N–C) groups is 1. The number of benzene rings is 1. The number of nitrogens with zero attached hydrogens (tertiary/aromatic N) is 2. The van der Waals surface area contributed by atoms with Crippen LogP contribution in [0.25, 0.3) is 0 Å². The lowest BCUT2D eigenvalue weighted by Gasteiger charge is -2.18. The molecule has 6 nitrogen and oxygen atoms in total. The Kier molecular flexibility index (Phi) is 6.70. The zero-order valence-corrected chi connectivity index (χ0v) is 11.8. The first-order chi connectivity index (χ1) is 9.19. The fourth-order valence-electron chi connectivity index (χ4n) is 1.62. The molecule has 1 aromatic carbocycles. The van der Waals surface area contributed by atoms with Gasteiger partial charge in [0.25, 0.3) is 0 Å². The van der Waals surface area contributed by atoms with E-state index < -0.39 is 0 Å². The number of nitrogens with two attached hydrogens (primary N) is 1. The molecule has 0 aliphatic carbocycles. The predicted molar refractivity (Wildman–Crippen MR) is 80.5 cm³/mol. The molecule has 0 fully saturated rings. The van der Waals surface area contributed by atoms with Gasteiger partial charge in [0.1, 0.15) is 0 Å². The largest absolute Gasteiger partial charge is 0.385 e. The molecule has 19 heavy (non-hydrogen) atoms. The van der Waals surface area contributed by atoms with E-state index in [4.69, 9.17) is 10.6 Å². The molecule has 0 bridgehead atoms. The zero-order chi connectivity index (χ0) is 14.1. The summed E-state index contributed by atoms with van der Waals surface area (Å²) >= 11 is 0. The third-order valence-electron chi connectivity index (χ3n) is 2.55. The topological polar surface area (TPSA) is 74.9 Å². The summed E-state index contributed by atoms with van der Waals surface area (Å²) in [4.78, 5) is 6.38. The number of ether oxygens (including phenoxy) is 1. The van der Waals surface area contributed by atoms with Crippen LogP contribution in [0.4, 0.5) is 11.4 Å². The van der Waals surface area contributed by atoms with Crippen molar-refractivity contribution in [1.82, 2.24) is 5.43 Å². The average Bonchev–Trinajstić information content (AvgIpc) is 2.42. The number of hydrogen-bond donors (Lipinski definition) is 3. The lowest BCUT2D eigenvalue weighted by atomic mass is 10.2. The molecule has 0 aliphatic rings. The Balaban J connectivity index is 2.70. The average molecular weight is 265 g/mol. The van der Waals surface area contributed by atoms with Gasteiger partial charge in [-0.2, -0.15) is 0 Å². The van der Waals surface area contributed by atoms with E-state index in [0.717, 1.165) is 17.8 Å². The minimum Gasteiger partial charge on any atom is -0.385 e. The molecule has 1 rings (SSSR count). The Hall–Kier alpha value is -1.79. The van der Waals surface area contributed by atoms with E-state index in [9.17, 15) is 0 Å². The Morgan fingerprint density at radius 2 is 2.11 bits per heavy atom. The summed E-state index contributed by atoms with van der Waals surface area (Å²) in [5.74, 6) is 6.02. The summed E-state index contributed by atoms with van der Waals surface area (Å²) < 4.78 is 4.98. The van der Waals surface area contributed by atoms with Crippen LogP contribution in [0.5, 0.6) is 0 Å². The standard InChI is InChI=1S/C13H23N5O/c1-18(2)12-8-5-4-7-11(12)16-13(17-14)15-9-6-10-19-3/h4-5,7-8H,6,9-10,14H2,1-3H3,(H2,15,16,17). The molecular formula is C13H23N5O. The molecule has 0 atom stereocenters. The highest BCUT2D eigenvalue weighted by atomic mass is 16.5. The van der Waals surface area contributed by atoms with Gasteiger partial charge in [0.15, 0.2) is 0 Å². The molecule has 4 N–H and O–H groups in total. The second-order valence-electron chi connectivity index (χ2n) is 4.26. The normalized spacial score (nSPS) is 11.3. The van der Waals surface area contributed by atoms with Gasteiger partial charge in [0, 0.05) is 34.4 Å². The molecule has 0 saturated heterocycles. The molecule has 0 spiro atoms. The molecule has 0 saturated carbocycles. The SMILES string of the molecule is COCCCN=C(NN)Nc1ccccc1N(C)C. The molecule has 6 heteroatoms. The Labute approximate surface area is 114 Å². The molecule has 0 aromatic heterocycles. The molecule has 106 valence electrons. The van der Waals surface area contributed by atoms with E-state index in [2.05, 4.69) is 15.7 Å². The number of rotatable bonds is 6. The summed E-state index contributed by atoms with van der Waals surface area (Å²) in [6.45, 7) is 1.35. The minimum atomic E-state index is 0.547. The maximum absolute atomic E-state index is 5.47. The number of guanidine groups is 1. The number of nitrogens with one attached hydrogen (secondary N) is 2. The summed E-state index contributed by atoms with van der Waals surface area (Å²) in [6, 6.07) is 7.97. The molecule has 0 amide bonds. The fourth-order valence-corrected chi connectivity index (χ4v) is 1.62. The van der Waals surface area contributed by atoms with Crippen LogP contribution < -0.4 is 21.5 Å². The number of hydrogen-bond acceptors (Lipinski definition) is 4. The Morgan fingerprint density at radius 3 is 2.74 bits per heavy atom. The van der Waals surface area contributed by atoms with Gasteiger partial charge in [-0.3, -0.25) is 10.4 Å². The number of para-hydroxylation sites is 2. The lowest BCUT2D eigenvalue weighted by Crippen LogP contribution is -2.36. The fraction of sp³-hybridized carbons (Fsp3) is 0.462. The monoisotopic (exact) mass is 265 g/mol. The van der Waals surface area contributed by atoms with Crippen molar-refractivity contribution in [3.05, 3.63) is 24.3 Å². The summed E-state index contributed by atoms with van der Waals surface area (Å²) in [7, 11) is 5.66. The van der Waals surface area contributed by atoms with Gasteiger partial charge in [0.2, 0.25) is 5.96 Å². The third kappa shape index (κ3) is 5.15. The van der Waals surface area contributed by atoms with Crippen molar-refractivity contribution in [2.24, 2.45) is 10.8 Å². The van der Waals surface area contributed by atoms with Crippen LogP contribution in [0, 0.1) is 0 Å². The van der Waals surface area contributed by atoms with Gasteiger partial charge in [-0.25, -0.2) is 5.84 Å². The quantitative estimate of drug-likeness (QED) is 0.235. The van der Waals surface area contributed by atoms with Crippen LogP contribution in [-0.2, 0) is 4.74 Å². The Bertz CT molecular complexity index is 406. The summed E-state index contributed by atoms with van der Waals surface area (Å²) in [6.07, 6.45) is 0.860. The number of hydrazine groups is 1. The molecule has 0 aliphatic heterocycles. The predicted octanol–water partition coefficient (Wildman–Crippen LogP) is 1.02. The highest BCUT2D eigenvalue weighted by molar-refractivity contribution is 5.96. The van der Waals surface area contributed by atoms with Crippen LogP contribution >= 0.6 is 0 Å². The molecule has 0 unspecified atom stereocenters. The van der Waals surface area contributed by atoms with Crippen molar-refractivity contribution in [2.75, 3.05) is 44.6 Å². The first-order valence-electron chi connectivity index (χ1n) is 6.22. The van der Waals surface area contributed by atoms with Crippen LogP contribution in [0.15, 0.2) is 29.3 Å². The van der Waals surface area contributed by atoms with E-state index in [1.807, 2.05) is 43.3 Å². The number of anilines is 2. The van der Waals surface area contributed by atoms with Crippen molar-refractivity contribution in [2.45, 2.75) is 6.42 Å². The van der Waals surface area contributed by atoms with Crippen molar-refractivity contribution in [3.63, 3.8) is 0 Å². The third-order valence-corrected chi connectivity index (χ3v) is 2.55. The second-order valence-corrected chi connectivity index (χ2v) is 4.26. The molecule has 0 heterocycles. The second kappa shape index (κ2) is 8.34. The van der Waals surface area contributed by atoms with E-state index in [1.165, 1.54) is 0 Å². The minimum absolute atomic E-state index is 0.547. The van der Waals surface area contributed by atoms with Gasteiger partial charge < -0.3 is 15.0 Å². The van der Waals surface area contributed by atoms with Gasteiger partial charge in [-0.05, 0) is 18.6 Å². The molecule has 1 aromatic rings. The zero-order valence-electron chi connectivity index (χ0n) is 11.8. The van der Waals surface area contributed by atoms with Gasteiger partial charge in [-0.15, -0.1) is 0 Å². The lowest BCUT2D eigenvalue weighted by molar-refractivity contribution is 0.197. The highest BCUT2D eigenvalue weighted by Crippen LogP contribution is 2.23. The first kappa shape index (κ1) is 15.3. The molecule has 0 radical (unpaired) electrons. The van der Waals surface area contributed by atoms with Gasteiger partial charge in [-0.1, -0.05) is 12.1 Å². The maximum Gasteiger partial charge on any atom is 0.210 e. The summed E-state index contributed by atoms with van der Waals surface area (Å²) in [5, 5.41) is 3.19.